The molecule has 0 aliphatic rings. The van der Waals surface area contributed by atoms with Gasteiger partial charge in [-0.2, -0.15) is 0 Å². The number of nitro benzene ring substituents is 1. The van der Waals surface area contributed by atoms with Crippen LogP contribution in [0.2, 0.25) is 0 Å². The van der Waals surface area contributed by atoms with Crippen molar-refractivity contribution in [3.05, 3.63) is 39.9 Å². The molecule has 1 aromatic rings. The van der Waals surface area contributed by atoms with E-state index in [0.29, 0.717) is 6.54 Å². The first-order valence-electron chi connectivity index (χ1n) is 7.99. The van der Waals surface area contributed by atoms with E-state index in [1.807, 2.05) is 32.8 Å². The number of hydrogen-bond donors (Lipinski definition) is 2. The van der Waals surface area contributed by atoms with Crippen LogP contribution in [0, 0.1) is 15.5 Å². The molecular weight excluding hydrogens is 324 g/mol. The molecule has 0 radical (unpaired) electrons. The lowest BCUT2D eigenvalue weighted by Crippen LogP contribution is -2.48. The zero-order valence-corrected chi connectivity index (χ0v) is 15.3. The van der Waals surface area contributed by atoms with E-state index in [9.17, 15) is 19.7 Å². The second-order valence-electron chi connectivity index (χ2n) is 7.12. The molecule has 0 aliphatic heterocycles. The Balaban J connectivity index is 2.61. The summed E-state index contributed by atoms with van der Waals surface area (Å²) in [5, 5.41) is 16.1. The highest BCUT2D eigenvalue weighted by Crippen LogP contribution is 2.15. The van der Waals surface area contributed by atoms with Crippen LogP contribution in [0.1, 0.15) is 31.1 Å². The fourth-order valence-electron chi connectivity index (χ4n) is 2.50. The molecule has 138 valence electrons. The van der Waals surface area contributed by atoms with E-state index in [-0.39, 0.29) is 22.6 Å². The van der Waals surface area contributed by atoms with Crippen LogP contribution in [0.5, 0.6) is 0 Å². The number of nitrogens with zero attached hydrogens (tertiary/aromatic N) is 2. The smallest absolute Gasteiger partial charge is 0.270 e. The Bertz CT molecular complexity index is 643. The molecule has 0 saturated heterocycles. The molecule has 25 heavy (non-hydrogen) atoms. The molecule has 0 bridgehead atoms. The molecule has 8 nitrogen and oxygen atoms in total. The molecule has 2 N–H and O–H groups in total. The molecular formula is C17H26N4O4. The van der Waals surface area contributed by atoms with E-state index < -0.39 is 16.9 Å². The van der Waals surface area contributed by atoms with Crippen LogP contribution in [0.3, 0.4) is 0 Å². The Morgan fingerprint density at radius 2 is 1.96 bits per heavy atom. The van der Waals surface area contributed by atoms with Crippen molar-refractivity contribution < 1.29 is 14.5 Å². The fourth-order valence-corrected chi connectivity index (χ4v) is 2.50. The zero-order chi connectivity index (χ0) is 19.2. The maximum absolute atomic E-state index is 12.2. The Morgan fingerprint density at radius 1 is 1.32 bits per heavy atom. The molecule has 0 saturated carbocycles. The summed E-state index contributed by atoms with van der Waals surface area (Å²) in [5.74, 6) is -0.829. The van der Waals surface area contributed by atoms with Crippen molar-refractivity contribution in [1.82, 2.24) is 15.5 Å². The zero-order valence-electron chi connectivity index (χ0n) is 15.3. The van der Waals surface area contributed by atoms with Gasteiger partial charge in [-0.25, -0.2) is 0 Å². The molecule has 0 spiro atoms. The van der Waals surface area contributed by atoms with Crippen molar-refractivity contribution in [2.75, 3.05) is 27.2 Å². The van der Waals surface area contributed by atoms with Crippen molar-refractivity contribution in [2.45, 2.75) is 26.8 Å². The number of nitrogens with one attached hydrogen (secondary N) is 2. The van der Waals surface area contributed by atoms with E-state index in [0.717, 1.165) is 6.54 Å². The summed E-state index contributed by atoms with van der Waals surface area (Å²) in [6.45, 7) is 6.94. The highest BCUT2D eigenvalue weighted by atomic mass is 16.6. The molecule has 2 amide bonds. The van der Waals surface area contributed by atoms with Crippen molar-refractivity contribution in [2.24, 2.45) is 5.41 Å². The average molecular weight is 350 g/mol. The molecule has 0 aromatic heterocycles. The number of carbonyl (C=O) groups is 2. The standard InChI is InChI=1S/C17H26N4O4/c1-12(15(22)18-10-17(2,3)11-20(4)5)19-16(23)13-7-6-8-14(9-13)21(24)25/h6-9,12H,10-11H2,1-5H3,(H,18,22)(H,19,23). The molecule has 8 heteroatoms. The number of benzene rings is 1. The SMILES string of the molecule is CC(NC(=O)c1cccc([N+](=O)[O-])c1)C(=O)NCC(C)(C)CN(C)C. The van der Waals surface area contributed by atoms with Crippen LogP contribution in [0.25, 0.3) is 0 Å². The minimum Gasteiger partial charge on any atom is -0.354 e. The van der Waals surface area contributed by atoms with E-state index in [1.165, 1.54) is 24.3 Å². The van der Waals surface area contributed by atoms with Crippen molar-refractivity contribution in [3.63, 3.8) is 0 Å². The highest BCUT2D eigenvalue weighted by molar-refractivity contribution is 5.97. The van der Waals surface area contributed by atoms with Gasteiger partial charge in [-0.1, -0.05) is 19.9 Å². The number of hydrogen-bond acceptors (Lipinski definition) is 5. The lowest BCUT2D eigenvalue weighted by Gasteiger charge is -2.29. The minimum absolute atomic E-state index is 0.108. The number of non-ortho nitro benzene ring substituents is 1. The van der Waals surface area contributed by atoms with Crippen molar-refractivity contribution in [3.8, 4) is 0 Å². The Labute approximate surface area is 147 Å². The van der Waals surface area contributed by atoms with E-state index >= 15 is 0 Å². The second-order valence-corrected chi connectivity index (χ2v) is 7.12. The van der Waals surface area contributed by atoms with Gasteiger partial charge in [0.2, 0.25) is 5.91 Å². The first-order chi connectivity index (χ1) is 11.5. The lowest BCUT2D eigenvalue weighted by molar-refractivity contribution is -0.384. The third kappa shape index (κ3) is 6.88. The van der Waals surface area contributed by atoms with Gasteiger partial charge in [-0.15, -0.1) is 0 Å². The van der Waals surface area contributed by atoms with Gasteiger partial charge in [0, 0.05) is 30.8 Å². The maximum atomic E-state index is 12.2. The number of nitro groups is 1. The van der Waals surface area contributed by atoms with Crippen LogP contribution >= 0.6 is 0 Å². The Hall–Kier alpha value is -2.48. The third-order valence-electron chi connectivity index (χ3n) is 3.55. The Morgan fingerprint density at radius 3 is 2.52 bits per heavy atom. The lowest BCUT2D eigenvalue weighted by atomic mass is 9.93. The van der Waals surface area contributed by atoms with E-state index in [1.54, 1.807) is 6.92 Å². The minimum atomic E-state index is -0.748. The summed E-state index contributed by atoms with van der Waals surface area (Å²) in [5.41, 5.74) is -0.139. The topological polar surface area (TPSA) is 105 Å². The first kappa shape index (κ1) is 20.6. The fraction of sp³-hybridized carbons (Fsp3) is 0.529. The van der Waals surface area contributed by atoms with E-state index in [4.69, 9.17) is 0 Å². The van der Waals surface area contributed by atoms with E-state index in [2.05, 4.69) is 10.6 Å². The molecule has 1 aromatic carbocycles. The van der Waals surface area contributed by atoms with Crippen molar-refractivity contribution >= 4 is 17.5 Å². The van der Waals surface area contributed by atoms with Gasteiger partial charge >= 0.3 is 0 Å². The molecule has 0 heterocycles. The van der Waals surface area contributed by atoms with Gasteiger partial charge in [0.15, 0.2) is 0 Å². The van der Waals surface area contributed by atoms with Gasteiger partial charge in [-0.05, 0) is 32.5 Å². The summed E-state index contributed by atoms with van der Waals surface area (Å²) in [6.07, 6.45) is 0. The van der Waals surface area contributed by atoms with Gasteiger partial charge in [-0.3, -0.25) is 19.7 Å². The van der Waals surface area contributed by atoms with Gasteiger partial charge in [0.05, 0.1) is 4.92 Å². The summed E-state index contributed by atoms with van der Waals surface area (Å²) < 4.78 is 0. The number of amides is 2. The molecule has 0 aliphatic carbocycles. The van der Waals surface area contributed by atoms with Gasteiger partial charge < -0.3 is 15.5 Å². The summed E-state index contributed by atoms with van der Waals surface area (Å²) >= 11 is 0. The normalized spacial score (nSPS) is 12.6. The van der Waals surface area contributed by atoms with Gasteiger partial charge in [0.1, 0.15) is 6.04 Å². The van der Waals surface area contributed by atoms with Gasteiger partial charge in [0.25, 0.3) is 11.6 Å². The first-order valence-corrected chi connectivity index (χ1v) is 7.99. The van der Waals surface area contributed by atoms with Crippen LogP contribution in [0.15, 0.2) is 24.3 Å². The quantitative estimate of drug-likeness (QED) is 0.545. The molecule has 1 atom stereocenters. The second kappa shape index (κ2) is 8.57. The number of carbonyl (C=O) groups excluding carboxylic acids is 2. The molecule has 1 rings (SSSR count). The van der Waals surface area contributed by atoms with Crippen LogP contribution < -0.4 is 10.6 Å². The monoisotopic (exact) mass is 350 g/mol. The van der Waals surface area contributed by atoms with Crippen LogP contribution in [-0.4, -0.2) is 54.9 Å². The van der Waals surface area contributed by atoms with Crippen molar-refractivity contribution in [1.29, 1.82) is 0 Å². The predicted molar refractivity (Wildman–Crippen MR) is 95.4 cm³/mol. The number of rotatable bonds is 8. The predicted octanol–water partition coefficient (Wildman–Crippen LogP) is 1.42. The largest absolute Gasteiger partial charge is 0.354 e. The Kier molecular flexibility index (Phi) is 7.05. The average Bonchev–Trinajstić information content (AvgIpc) is 2.51. The maximum Gasteiger partial charge on any atom is 0.270 e. The summed E-state index contributed by atoms with van der Waals surface area (Å²) in [7, 11) is 3.93. The summed E-state index contributed by atoms with van der Waals surface area (Å²) in [6, 6.07) is 4.64. The van der Waals surface area contributed by atoms with Crippen LogP contribution in [-0.2, 0) is 4.79 Å². The van der Waals surface area contributed by atoms with Crippen LogP contribution in [0.4, 0.5) is 5.69 Å². The summed E-state index contributed by atoms with van der Waals surface area (Å²) in [4.78, 5) is 36.6. The molecule has 0 fully saturated rings. The third-order valence-corrected chi connectivity index (χ3v) is 3.55. The molecule has 1 unspecified atom stereocenters. The highest BCUT2D eigenvalue weighted by Gasteiger charge is 2.23.